The minimum absolute atomic E-state index is 0.0713. The number of anilines is 2. The predicted octanol–water partition coefficient (Wildman–Crippen LogP) is 3.13. The fourth-order valence-corrected chi connectivity index (χ4v) is 4.06. The number of nitrogens with zero attached hydrogens (tertiary/aromatic N) is 4. The minimum atomic E-state index is -0.376. The highest BCUT2D eigenvalue weighted by Gasteiger charge is 2.28. The van der Waals surface area contributed by atoms with Crippen LogP contribution in [0.5, 0.6) is 0 Å². The van der Waals surface area contributed by atoms with Gasteiger partial charge in [-0.3, -0.25) is 4.79 Å². The van der Waals surface area contributed by atoms with Crippen LogP contribution in [0.4, 0.5) is 10.9 Å². The summed E-state index contributed by atoms with van der Waals surface area (Å²) >= 11 is 1.60. The van der Waals surface area contributed by atoms with Crippen molar-refractivity contribution in [3.63, 3.8) is 0 Å². The number of thiazole rings is 1. The molecule has 1 amide bonds. The summed E-state index contributed by atoms with van der Waals surface area (Å²) in [5.74, 6) is 1.95. The lowest BCUT2D eigenvalue weighted by Crippen LogP contribution is -2.47. The summed E-state index contributed by atoms with van der Waals surface area (Å²) < 4.78 is 0. The van der Waals surface area contributed by atoms with E-state index in [1.807, 2.05) is 37.9 Å². The van der Waals surface area contributed by atoms with Gasteiger partial charge in [-0.05, 0) is 33.1 Å². The van der Waals surface area contributed by atoms with Crippen LogP contribution in [0.25, 0.3) is 0 Å². The van der Waals surface area contributed by atoms with Crippen LogP contribution in [0, 0.1) is 13.8 Å². The van der Waals surface area contributed by atoms with Gasteiger partial charge >= 0.3 is 0 Å². The maximum atomic E-state index is 12.4. The first-order chi connectivity index (χ1) is 13.0. The van der Waals surface area contributed by atoms with E-state index < -0.39 is 0 Å². The van der Waals surface area contributed by atoms with Crippen LogP contribution in [-0.2, 0) is 4.79 Å². The van der Waals surface area contributed by atoms with Gasteiger partial charge in [0.1, 0.15) is 11.6 Å². The second-order valence-corrected chi connectivity index (χ2v) is 8.38. The van der Waals surface area contributed by atoms with Crippen molar-refractivity contribution >= 4 is 28.2 Å². The number of rotatable bonds is 6. The largest absolute Gasteiger partial charge is 0.341 e. The van der Waals surface area contributed by atoms with E-state index in [0.29, 0.717) is 13.1 Å². The van der Waals surface area contributed by atoms with Gasteiger partial charge in [-0.1, -0.05) is 13.3 Å². The van der Waals surface area contributed by atoms with Crippen LogP contribution >= 0.6 is 11.3 Å². The number of carbonyl (C=O) groups is 1. The van der Waals surface area contributed by atoms with Crippen LogP contribution in [-0.4, -0.2) is 44.9 Å². The summed E-state index contributed by atoms with van der Waals surface area (Å²) in [7, 11) is 0. The van der Waals surface area contributed by atoms with Crippen LogP contribution in [0.15, 0.2) is 12.3 Å². The molecular weight excluding hydrogens is 360 g/mol. The summed E-state index contributed by atoms with van der Waals surface area (Å²) in [5.41, 5.74) is 6.92. The SMILES string of the molecule is CCCC(N)C(=O)N1CCC(c2nc(C)cc(Nc3ncc(C)s3)n2)CC1. The Balaban J connectivity index is 1.64. The first kappa shape index (κ1) is 19.7. The van der Waals surface area contributed by atoms with E-state index in [2.05, 4.69) is 15.3 Å². The molecule has 1 fully saturated rings. The van der Waals surface area contributed by atoms with Crippen molar-refractivity contribution < 1.29 is 4.79 Å². The lowest BCUT2D eigenvalue weighted by atomic mass is 9.95. The Morgan fingerprint density at radius 2 is 2.11 bits per heavy atom. The summed E-state index contributed by atoms with van der Waals surface area (Å²) in [6.07, 6.45) is 5.24. The fourth-order valence-electron chi connectivity index (χ4n) is 3.39. The Bertz CT molecular complexity index is 784. The Labute approximate surface area is 164 Å². The first-order valence-corrected chi connectivity index (χ1v) is 10.4. The third kappa shape index (κ3) is 5.01. The smallest absolute Gasteiger partial charge is 0.239 e. The van der Waals surface area contributed by atoms with Gasteiger partial charge in [0.15, 0.2) is 5.13 Å². The molecule has 1 aliphatic heterocycles. The molecule has 7 nitrogen and oxygen atoms in total. The molecule has 27 heavy (non-hydrogen) atoms. The Morgan fingerprint density at radius 3 is 2.74 bits per heavy atom. The number of nitrogens with two attached hydrogens (primary N) is 1. The molecule has 0 aliphatic carbocycles. The maximum absolute atomic E-state index is 12.4. The zero-order valence-electron chi connectivity index (χ0n) is 16.2. The molecule has 1 atom stereocenters. The number of amides is 1. The van der Waals surface area contributed by atoms with Crippen LogP contribution in [0.2, 0.25) is 0 Å². The van der Waals surface area contributed by atoms with Gasteiger partial charge < -0.3 is 16.0 Å². The minimum Gasteiger partial charge on any atom is -0.341 e. The number of aromatic nitrogens is 3. The van der Waals surface area contributed by atoms with Crippen molar-refractivity contribution in [2.75, 3.05) is 18.4 Å². The second kappa shape index (κ2) is 8.75. The van der Waals surface area contributed by atoms with E-state index in [4.69, 9.17) is 10.7 Å². The molecule has 2 aromatic rings. The number of likely N-dealkylation sites (tertiary alicyclic amines) is 1. The lowest BCUT2D eigenvalue weighted by Gasteiger charge is -2.33. The summed E-state index contributed by atoms with van der Waals surface area (Å²) in [6.45, 7) is 7.49. The van der Waals surface area contributed by atoms with Crippen molar-refractivity contribution in [1.82, 2.24) is 19.9 Å². The van der Waals surface area contributed by atoms with Gasteiger partial charge in [0.05, 0.1) is 6.04 Å². The zero-order chi connectivity index (χ0) is 19.4. The number of carbonyl (C=O) groups excluding carboxylic acids is 1. The molecule has 3 rings (SSSR count). The van der Waals surface area contributed by atoms with E-state index in [-0.39, 0.29) is 17.9 Å². The molecule has 8 heteroatoms. The maximum Gasteiger partial charge on any atom is 0.239 e. The van der Waals surface area contributed by atoms with Crippen molar-refractivity contribution in [2.24, 2.45) is 5.73 Å². The Kier molecular flexibility index (Phi) is 6.38. The van der Waals surface area contributed by atoms with Crippen molar-refractivity contribution in [3.05, 3.63) is 28.7 Å². The number of aryl methyl sites for hydroxylation is 2. The fraction of sp³-hybridized carbons (Fsp3) is 0.579. The van der Waals surface area contributed by atoms with Crippen molar-refractivity contribution in [1.29, 1.82) is 0 Å². The molecule has 0 bridgehead atoms. The highest BCUT2D eigenvalue weighted by atomic mass is 32.1. The van der Waals surface area contributed by atoms with E-state index in [1.54, 1.807) is 11.3 Å². The Morgan fingerprint density at radius 1 is 1.37 bits per heavy atom. The molecule has 1 saturated heterocycles. The molecular formula is C19H28N6OS. The molecule has 1 unspecified atom stereocenters. The molecule has 0 saturated carbocycles. The number of hydrogen-bond donors (Lipinski definition) is 2. The monoisotopic (exact) mass is 388 g/mol. The van der Waals surface area contributed by atoms with E-state index in [9.17, 15) is 4.79 Å². The van der Waals surface area contributed by atoms with E-state index >= 15 is 0 Å². The number of nitrogens with one attached hydrogen (secondary N) is 1. The third-order valence-corrected chi connectivity index (χ3v) is 5.64. The topological polar surface area (TPSA) is 97.0 Å². The third-order valence-electron chi connectivity index (χ3n) is 4.82. The van der Waals surface area contributed by atoms with Crippen molar-refractivity contribution in [3.8, 4) is 0 Å². The number of hydrogen-bond acceptors (Lipinski definition) is 7. The highest BCUT2D eigenvalue weighted by molar-refractivity contribution is 7.15. The zero-order valence-corrected chi connectivity index (χ0v) is 17.1. The van der Waals surface area contributed by atoms with Gasteiger partial charge in [-0.15, -0.1) is 11.3 Å². The molecule has 3 heterocycles. The standard InChI is InChI=1S/C19H28N6OS/c1-4-5-15(20)18(26)25-8-6-14(7-9-25)17-22-12(2)10-16(23-17)24-19-21-11-13(3)27-19/h10-11,14-15H,4-9,20H2,1-3H3,(H,21,22,23,24). The Hall–Kier alpha value is -2.06. The van der Waals surface area contributed by atoms with Gasteiger partial charge in [0.2, 0.25) is 5.91 Å². The lowest BCUT2D eigenvalue weighted by molar-refractivity contribution is -0.133. The average molecular weight is 389 g/mol. The predicted molar refractivity (Wildman–Crippen MR) is 108 cm³/mol. The van der Waals surface area contributed by atoms with E-state index in [0.717, 1.165) is 53.0 Å². The van der Waals surface area contributed by atoms with Crippen LogP contribution in [0.1, 0.15) is 54.9 Å². The quantitative estimate of drug-likeness (QED) is 0.789. The molecule has 146 valence electrons. The summed E-state index contributed by atoms with van der Waals surface area (Å²) in [6, 6.07) is 1.56. The molecule has 2 aromatic heterocycles. The van der Waals surface area contributed by atoms with Crippen LogP contribution in [0.3, 0.4) is 0 Å². The second-order valence-electron chi connectivity index (χ2n) is 7.15. The van der Waals surface area contributed by atoms with Gasteiger partial charge in [0.25, 0.3) is 0 Å². The van der Waals surface area contributed by atoms with Crippen LogP contribution < -0.4 is 11.1 Å². The summed E-state index contributed by atoms with van der Waals surface area (Å²) in [5, 5.41) is 4.11. The molecule has 0 aromatic carbocycles. The van der Waals surface area contributed by atoms with Crippen molar-refractivity contribution in [2.45, 2.75) is 58.4 Å². The average Bonchev–Trinajstić information content (AvgIpc) is 3.05. The molecule has 0 spiro atoms. The first-order valence-electron chi connectivity index (χ1n) is 9.55. The molecule has 0 radical (unpaired) electrons. The van der Waals surface area contributed by atoms with E-state index in [1.165, 1.54) is 0 Å². The normalized spacial score (nSPS) is 16.4. The molecule has 3 N–H and O–H groups in total. The van der Waals surface area contributed by atoms with Gasteiger partial charge in [-0.2, -0.15) is 0 Å². The number of piperidine rings is 1. The van der Waals surface area contributed by atoms with Gasteiger partial charge in [-0.25, -0.2) is 15.0 Å². The summed E-state index contributed by atoms with van der Waals surface area (Å²) in [4.78, 5) is 29.1. The highest BCUT2D eigenvalue weighted by Crippen LogP contribution is 2.28. The van der Waals surface area contributed by atoms with Gasteiger partial charge in [0, 0.05) is 41.8 Å². The molecule has 1 aliphatic rings.